The summed E-state index contributed by atoms with van der Waals surface area (Å²) in [6.45, 7) is 7.13. The molecule has 3 N–H and O–H groups in total. The Kier molecular flexibility index (Phi) is 6.70. The second-order valence-electron chi connectivity index (χ2n) is 15.8. The normalized spacial score (nSPS) is 34.6. The number of benzene rings is 3. The molecule has 2 bridgehead atoms. The van der Waals surface area contributed by atoms with Crippen molar-refractivity contribution in [2.45, 2.75) is 84.2 Å². The summed E-state index contributed by atoms with van der Waals surface area (Å²) in [5, 5.41) is 35.2. The van der Waals surface area contributed by atoms with Gasteiger partial charge in [0.25, 0.3) is 0 Å². The molecule has 0 aromatic heterocycles. The highest BCUT2D eigenvalue weighted by molar-refractivity contribution is 6.22. The fraction of sp³-hybridized carbons (Fsp3) is 0.595. The number of aliphatic hydroxyl groups is 1. The van der Waals surface area contributed by atoms with Crippen molar-refractivity contribution < 1.29 is 39.3 Å². The van der Waals surface area contributed by atoms with Gasteiger partial charge in [-0.3, -0.25) is 0 Å². The van der Waals surface area contributed by atoms with E-state index in [1.807, 2.05) is 12.1 Å². The van der Waals surface area contributed by atoms with E-state index in [0.717, 1.165) is 25.7 Å². The van der Waals surface area contributed by atoms with Gasteiger partial charge in [0, 0.05) is 22.8 Å². The topological polar surface area (TPSA) is 122 Å². The number of aliphatic hydroxyl groups excluding tert-OH is 1. The Morgan fingerprint density at radius 1 is 1.04 bits per heavy atom. The van der Waals surface area contributed by atoms with Crippen LogP contribution in [-0.2, 0) is 4.74 Å². The lowest BCUT2D eigenvalue weighted by Crippen LogP contribution is -2.99. The first kappa shape index (κ1) is 30.2. The fourth-order valence-corrected chi connectivity index (χ4v) is 11.7. The SMILES string of the molecule is COc1cccc2c1cc([NH+]([O-])O)c1c(C(=O)O[C@]3(CO)C[C@@]45CC[C@@H]6C(C)(C)CCC[C@@]6(C)[C@@H]4CC[C@@H]3C5)cc3c(c12)OCO3. The number of esters is 1. The van der Waals surface area contributed by atoms with Crippen LogP contribution in [0.2, 0.25) is 0 Å². The van der Waals surface area contributed by atoms with E-state index in [0.29, 0.717) is 57.1 Å². The number of quaternary nitrogens is 1. The Balaban J connectivity index is 1.22. The zero-order valence-corrected chi connectivity index (χ0v) is 27.2. The van der Waals surface area contributed by atoms with Gasteiger partial charge in [-0.05, 0) is 97.0 Å². The quantitative estimate of drug-likeness (QED) is 0.167. The number of nitrogens with one attached hydrogen (secondary N) is 1. The third-order valence-corrected chi connectivity index (χ3v) is 13.4. The van der Waals surface area contributed by atoms with Gasteiger partial charge in [0.05, 0.1) is 24.7 Å². The molecule has 9 nitrogen and oxygen atoms in total. The van der Waals surface area contributed by atoms with Crippen LogP contribution >= 0.6 is 0 Å². The van der Waals surface area contributed by atoms with Crippen molar-refractivity contribution in [2.75, 3.05) is 20.5 Å². The van der Waals surface area contributed by atoms with Crippen molar-refractivity contribution in [1.82, 2.24) is 0 Å². The molecule has 0 radical (unpaired) electrons. The summed E-state index contributed by atoms with van der Waals surface area (Å²) in [6.07, 6.45) is 9.65. The summed E-state index contributed by atoms with van der Waals surface area (Å²) in [4.78, 5) is 14.5. The van der Waals surface area contributed by atoms with E-state index in [1.54, 1.807) is 18.2 Å². The Bertz CT molecular complexity index is 1750. The highest BCUT2D eigenvalue weighted by Gasteiger charge is 2.68. The molecule has 4 saturated carbocycles. The molecule has 0 amide bonds. The Hall–Kier alpha value is -3.11. The van der Waals surface area contributed by atoms with E-state index in [1.165, 1.54) is 32.8 Å². The summed E-state index contributed by atoms with van der Waals surface area (Å²) in [5.74, 6) is 1.89. The molecule has 246 valence electrons. The van der Waals surface area contributed by atoms with Crippen molar-refractivity contribution >= 4 is 33.2 Å². The zero-order valence-electron chi connectivity index (χ0n) is 27.2. The van der Waals surface area contributed by atoms with Crippen LogP contribution in [-0.4, -0.2) is 42.4 Å². The second kappa shape index (κ2) is 10.2. The van der Waals surface area contributed by atoms with Gasteiger partial charge >= 0.3 is 5.97 Å². The van der Waals surface area contributed by atoms with Gasteiger partial charge in [-0.25, -0.2) is 10.0 Å². The molecule has 4 aliphatic carbocycles. The molecule has 7 atom stereocenters. The van der Waals surface area contributed by atoms with E-state index >= 15 is 0 Å². The number of rotatable bonds is 5. The number of methoxy groups -OCH3 is 1. The average Bonchev–Trinajstić information content (AvgIpc) is 3.59. The van der Waals surface area contributed by atoms with Gasteiger partial charge < -0.3 is 29.3 Å². The lowest BCUT2D eigenvalue weighted by molar-refractivity contribution is -0.990. The average molecular weight is 632 g/mol. The standard InChI is InChI=1S/C37H45NO8/c1-34(2)12-6-13-35(3)28(34)11-14-36-17-21(9-10-29(35)36)37(18-36,19-39)46-33(40)24-16-27-32(45-20-44-27)31-22-7-5-8-26(43-4)23(22)15-25(30(24)31)38(41)42/h5,7-8,15-16,21,28-29,38-39,41H,6,9-14,17-20H2,1-4H3/t21-,28-,29+,35-,36+,37+/m1/s1. The van der Waals surface area contributed by atoms with Gasteiger partial charge in [0.1, 0.15) is 11.4 Å². The minimum Gasteiger partial charge on any atom is -0.595 e. The predicted molar refractivity (Wildman–Crippen MR) is 171 cm³/mol. The summed E-state index contributed by atoms with van der Waals surface area (Å²) in [5.41, 5.74) is -0.376. The first-order valence-corrected chi connectivity index (χ1v) is 16.9. The minimum absolute atomic E-state index is 0.0283. The third kappa shape index (κ3) is 4.04. The monoisotopic (exact) mass is 631 g/mol. The number of hydrogen-bond acceptors (Lipinski definition) is 8. The van der Waals surface area contributed by atoms with E-state index < -0.39 is 16.8 Å². The molecule has 0 saturated heterocycles. The molecule has 9 heteroatoms. The summed E-state index contributed by atoms with van der Waals surface area (Å²) >= 11 is 0. The molecule has 1 unspecified atom stereocenters. The van der Waals surface area contributed by atoms with Gasteiger partial charge in [-0.1, -0.05) is 39.3 Å². The Labute approximate surface area is 269 Å². The highest BCUT2D eigenvalue weighted by Crippen LogP contribution is 2.73. The fourth-order valence-electron chi connectivity index (χ4n) is 11.7. The Morgan fingerprint density at radius 3 is 2.63 bits per heavy atom. The number of carbonyl (C=O) groups excluding carboxylic acids is 1. The molecule has 1 heterocycles. The van der Waals surface area contributed by atoms with Crippen LogP contribution in [0.3, 0.4) is 0 Å². The van der Waals surface area contributed by atoms with Crippen molar-refractivity contribution in [2.24, 2.45) is 34.0 Å². The smallest absolute Gasteiger partial charge is 0.339 e. The molecular formula is C37H45NO8. The van der Waals surface area contributed by atoms with E-state index in [4.69, 9.17) is 18.9 Å². The van der Waals surface area contributed by atoms with Crippen LogP contribution in [0.1, 0.15) is 88.9 Å². The van der Waals surface area contributed by atoms with Crippen LogP contribution < -0.4 is 19.4 Å². The molecule has 3 aromatic carbocycles. The van der Waals surface area contributed by atoms with Crippen LogP contribution in [0.25, 0.3) is 21.5 Å². The maximum Gasteiger partial charge on any atom is 0.339 e. The van der Waals surface area contributed by atoms with Gasteiger partial charge in [0.15, 0.2) is 17.2 Å². The maximum atomic E-state index is 14.5. The zero-order chi connectivity index (χ0) is 32.2. The van der Waals surface area contributed by atoms with Crippen LogP contribution in [0, 0.1) is 39.2 Å². The molecule has 5 aliphatic rings. The second-order valence-corrected chi connectivity index (χ2v) is 15.8. The van der Waals surface area contributed by atoms with Crippen molar-refractivity contribution in [3.05, 3.63) is 41.1 Å². The molecule has 4 fully saturated rings. The molecule has 3 aromatic rings. The number of ether oxygens (including phenoxy) is 4. The van der Waals surface area contributed by atoms with Crippen molar-refractivity contribution in [1.29, 1.82) is 0 Å². The van der Waals surface area contributed by atoms with E-state index in [2.05, 4.69) is 20.8 Å². The predicted octanol–water partition coefficient (Wildman–Crippen LogP) is 6.45. The summed E-state index contributed by atoms with van der Waals surface area (Å²) in [7, 11) is 1.54. The van der Waals surface area contributed by atoms with Crippen LogP contribution in [0.15, 0.2) is 30.3 Å². The maximum absolute atomic E-state index is 14.5. The van der Waals surface area contributed by atoms with Crippen molar-refractivity contribution in [3.8, 4) is 17.2 Å². The molecule has 8 rings (SSSR count). The first-order chi connectivity index (χ1) is 22.0. The Morgan fingerprint density at radius 2 is 1.87 bits per heavy atom. The van der Waals surface area contributed by atoms with E-state index in [-0.39, 0.29) is 46.8 Å². The van der Waals surface area contributed by atoms with Gasteiger partial charge in [0.2, 0.25) is 6.79 Å². The molecule has 1 aliphatic heterocycles. The van der Waals surface area contributed by atoms with Crippen LogP contribution in [0.4, 0.5) is 5.69 Å². The molecule has 46 heavy (non-hydrogen) atoms. The molecule has 1 spiro atoms. The van der Waals surface area contributed by atoms with Crippen molar-refractivity contribution in [3.63, 3.8) is 0 Å². The largest absolute Gasteiger partial charge is 0.595 e. The molecular weight excluding hydrogens is 586 g/mol. The summed E-state index contributed by atoms with van der Waals surface area (Å²) < 4.78 is 23.8. The third-order valence-electron chi connectivity index (χ3n) is 13.4. The van der Waals surface area contributed by atoms with E-state index in [9.17, 15) is 20.3 Å². The number of carbonyl (C=O) groups is 1. The highest BCUT2D eigenvalue weighted by atomic mass is 16.8. The van der Waals surface area contributed by atoms with Gasteiger partial charge in [-0.2, -0.15) is 5.23 Å². The number of fused-ring (bicyclic) bond motifs is 8. The lowest BCUT2D eigenvalue weighted by Gasteiger charge is -2.63. The summed E-state index contributed by atoms with van der Waals surface area (Å²) in [6, 6.07) is 8.56. The number of hydrogen-bond donors (Lipinski definition) is 3. The first-order valence-electron chi connectivity index (χ1n) is 16.9. The van der Waals surface area contributed by atoms with Gasteiger partial charge in [-0.15, -0.1) is 0 Å². The minimum atomic E-state index is -1.18. The van der Waals surface area contributed by atoms with Crippen LogP contribution in [0.5, 0.6) is 17.2 Å². The lowest BCUT2D eigenvalue weighted by atomic mass is 9.41.